The molecule has 0 saturated heterocycles. The van der Waals surface area contributed by atoms with Crippen LogP contribution < -0.4 is 5.32 Å². The predicted molar refractivity (Wildman–Crippen MR) is 119 cm³/mol. The van der Waals surface area contributed by atoms with Gasteiger partial charge in [-0.3, -0.25) is 4.79 Å². The van der Waals surface area contributed by atoms with Crippen molar-refractivity contribution in [1.29, 1.82) is 0 Å². The van der Waals surface area contributed by atoms with Crippen molar-refractivity contribution in [3.63, 3.8) is 0 Å². The Bertz CT molecular complexity index is 1340. The number of aromatic nitrogens is 1. The average molecular weight is 437 g/mol. The van der Waals surface area contributed by atoms with E-state index in [1.54, 1.807) is 34.6 Å². The molecule has 2 aromatic carbocycles. The number of rotatable bonds is 3. The first-order valence-electron chi connectivity index (χ1n) is 9.23. The summed E-state index contributed by atoms with van der Waals surface area (Å²) >= 11 is 1.60. The van der Waals surface area contributed by atoms with Crippen LogP contribution in [0.15, 0.2) is 76.9 Å². The van der Waals surface area contributed by atoms with Crippen LogP contribution in [0.25, 0.3) is 20.8 Å². The number of nitrogens with zero attached hydrogens (tertiary/aromatic N) is 3. The van der Waals surface area contributed by atoms with Crippen molar-refractivity contribution in [3.8, 4) is 10.6 Å². The van der Waals surface area contributed by atoms with Gasteiger partial charge in [-0.2, -0.15) is 0 Å². The number of nitrogens with one attached hydrogen (secondary N) is 1. The Morgan fingerprint density at radius 1 is 1.10 bits per heavy atom. The van der Waals surface area contributed by atoms with Crippen LogP contribution in [0.1, 0.15) is 0 Å². The third-order valence-corrected chi connectivity index (χ3v) is 7.00. The number of anilines is 1. The van der Waals surface area contributed by atoms with E-state index >= 15 is 0 Å². The van der Waals surface area contributed by atoms with E-state index in [9.17, 15) is 13.2 Å². The monoisotopic (exact) mass is 436 g/mol. The van der Waals surface area contributed by atoms with Gasteiger partial charge in [0.1, 0.15) is 10.8 Å². The van der Waals surface area contributed by atoms with Gasteiger partial charge in [-0.15, -0.1) is 15.7 Å². The van der Waals surface area contributed by atoms with E-state index in [1.807, 2.05) is 48.5 Å². The van der Waals surface area contributed by atoms with Gasteiger partial charge >= 0.3 is 0 Å². The molecule has 150 valence electrons. The van der Waals surface area contributed by atoms with Crippen LogP contribution in [-0.2, 0) is 14.8 Å². The maximum atomic E-state index is 12.7. The summed E-state index contributed by atoms with van der Waals surface area (Å²) in [6.07, 6.45) is 4.74. The maximum Gasteiger partial charge on any atom is 0.257 e. The van der Waals surface area contributed by atoms with Gasteiger partial charge in [0, 0.05) is 24.0 Å². The number of amides is 1. The van der Waals surface area contributed by atoms with E-state index < -0.39 is 10.0 Å². The van der Waals surface area contributed by atoms with E-state index in [2.05, 4.69) is 14.7 Å². The molecule has 9 heteroatoms. The molecule has 0 aliphatic carbocycles. The number of sulfonamides is 1. The molecule has 7 nitrogen and oxygen atoms in total. The highest BCUT2D eigenvalue weighted by atomic mass is 32.2. The van der Waals surface area contributed by atoms with Crippen LogP contribution in [0.2, 0.25) is 0 Å². The summed E-state index contributed by atoms with van der Waals surface area (Å²) < 4.78 is 28.1. The second-order valence-electron chi connectivity index (χ2n) is 6.87. The SMILES string of the molecule is O=C(Nc1cccc(-c2nc3ccccc3s2)c1)C1=CN2CCS(=O)(=O)N=C2C=C1. The van der Waals surface area contributed by atoms with Crippen LogP contribution in [-0.4, -0.2) is 42.3 Å². The van der Waals surface area contributed by atoms with Crippen LogP contribution >= 0.6 is 11.3 Å². The number of amidine groups is 1. The van der Waals surface area contributed by atoms with Crippen molar-refractivity contribution in [2.45, 2.75) is 0 Å². The minimum atomic E-state index is -3.42. The molecule has 1 amide bonds. The number of carbonyl (C=O) groups excluding carboxylic acids is 1. The zero-order chi connectivity index (χ0) is 20.7. The summed E-state index contributed by atoms with van der Waals surface area (Å²) in [5, 5.41) is 3.79. The lowest BCUT2D eigenvalue weighted by Gasteiger charge is -2.26. The summed E-state index contributed by atoms with van der Waals surface area (Å²) in [6.45, 7) is 0.273. The molecule has 1 aromatic heterocycles. The molecule has 0 fully saturated rings. The normalized spacial score (nSPS) is 17.3. The van der Waals surface area contributed by atoms with E-state index in [-0.39, 0.29) is 18.2 Å². The smallest absolute Gasteiger partial charge is 0.257 e. The van der Waals surface area contributed by atoms with Crippen LogP contribution in [0.3, 0.4) is 0 Å². The van der Waals surface area contributed by atoms with E-state index in [0.29, 0.717) is 17.1 Å². The second kappa shape index (κ2) is 7.19. The zero-order valence-corrected chi connectivity index (χ0v) is 17.3. The Balaban J connectivity index is 1.36. The first-order chi connectivity index (χ1) is 14.5. The van der Waals surface area contributed by atoms with E-state index in [4.69, 9.17) is 0 Å². The first kappa shape index (κ1) is 18.7. The molecule has 0 spiro atoms. The van der Waals surface area contributed by atoms with E-state index in [0.717, 1.165) is 20.8 Å². The zero-order valence-electron chi connectivity index (χ0n) is 15.6. The highest BCUT2D eigenvalue weighted by molar-refractivity contribution is 7.90. The molecular weight excluding hydrogens is 420 g/mol. The minimum Gasteiger partial charge on any atom is -0.330 e. The Kier molecular flexibility index (Phi) is 4.48. The molecule has 2 aliphatic rings. The number of hydrogen-bond donors (Lipinski definition) is 1. The molecular formula is C21H16N4O3S2. The van der Waals surface area contributed by atoms with Gasteiger partial charge in [0.05, 0.1) is 21.5 Å². The highest BCUT2D eigenvalue weighted by Crippen LogP contribution is 2.31. The summed E-state index contributed by atoms with van der Waals surface area (Å²) in [5.41, 5.74) is 2.97. The standard InChI is InChI=1S/C21H16N4O3S2/c26-20(15-8-9-19-24-30(27,28)11-10-25(19)13-15)22-16-5-3-4-14(12-16)21-23-17-6-1-2-7-18(17)29-21/h1-9,12-13H,10-11H2,(H,22,26). The molecule has 5 rings (SSSR count). The van der Waals surface area contributed by atoms with Crippen molar-refractivity contribution in [2.24, 2.45) is 4.40 Å². The molecule has 2 aliphatic heterocycles. The fourth-order valence-electron chi connectivity index (χ4n) is 3.26. The van der Waals surface area contributed by atoms with Gasteiger partial charge in [-0.25, -0.2) is 13.4 Å². The van der Waals surface area contributed by atoms with Crippen molar-refractivity contribution < 1.29 is 13.2 Å². The summed E-state index contributed by atoms with van der Waals surface area (Å²) in [5.74, 6) is -0.0178. The summed E-state index contributed by atoms with van der Waals surface area (Å²) in [7, 11) is -3.42. The quantitative estimate of drug-likeness (QED) is 0.679. The van der Waals surface area contributed by atoms with Gasteiger partial charge in [-0.1, -0.05) is 24.3 Å². The number of thiazole rings is 1. The average Bonchev–Trinajstić information content (AvgIpc) is 3.17. The number of fused-ring (bicyclic) bond motifs is 2. The topological polar surface area (TPSA) is 91.7 Å². The first-order valence-corrected chi connectivity index (χ1v) is 11.7. The molecule has 0 atom stereocenters. The van der Waals surface area contributed by atoms with Gasteiger partial charge < -0.3 is 10.2 Å². The van der Waals surface area contributed by atoms with Gasteiger partial charge in [0.15, 0.2) is 0 Å². The molecule has 3 aromatic rings. The van der Waals surface area contributed by atoms with Crippen molar-refractivity contribution in [3.05, 3.63) is 72.5 Å². The molecule has 1 N–H and O–H groups in total. The van der Waals surface area contributed by atoms with Crippen molar-refractivity contribution >= 4 is 49.0 Å². The number of benzene rings is 2. The van der Waals surface area contributed by atoms with Crippen LogP contribution in [0, 0.1) is 0 Å². The minimum absolute atomic E-state index is 0.0695. The second-order valence-corrected chi connectivity index (χ2v) is 9.65. The number of carbonyl (C=O) groups is 1. The van der Waals surface area contributed by atoms with Crippen LogP contribution in [0.5, 0.6) is 0 Å². The third kappa shape index (κ3) is 3.64. The maximum absolute atomic E-state index is 12.7. The Morgan fingerprint density at radius 3 is 2.83 bits per heavy atom. The number of para-hydroxylation sites is 1. The molecule has 3 heterocycles. The lowest BCUT2D eigenvalue weighted by atomic mass is 10.1. The largest absolute Gasteiger partial charge is 0.330 e. The highest BCUT2D eigenvalue weighted by Gasteiger charge is 2.25. The molecule has 0 saturated carbocycles. The molecule has 30 heavy (non-hydrogen) atoms. The Labute approximate surface area is 177 Å². The van der Waals surface area contributed by atoms with E-state index in [1.165, 1.54) is 0 Å². The summed E-state index contributed by atoms with van der Waals surface area (Å²) in [4.78, 5) is 19.1. The molecule has 0 bridgehead atoms. The fourth-order valence-corrected chi connectivity index (χ4v) is 5.20. The molecule has 0 radical (unpaired) electrons. The lowest BCUT2D eigenvalue weighted by Crippen LogP contribution is -2.37. The molecule has 0 unspecified atom stereocenters. The third-order valence-electron chi connectivity index (χ3n) is 4.75. The fraction of sp³-hybridized carbons (Fsp3) is 0.0952. The van der Waals surface area contributed by atoms with Gasteiger partial charge in [0.25, 0.3) is 15.9 Å². The summed E-state index contributed by atoms with van der Waals surface area (Å²) in [6, 6.07) is 15.5. The van der Waals surface area contributed by atoms with Crippen LogP contribution in [0.4, 0.5) is 5.69 Å². The van der Waals surface area contributed by atoms with Gasteiger partial charge in [0.2, 0.25) is 0 Å². The number of hydrogen-bond acceptors (Lipinski definition) is 6. The van der Waals surface area contributed by atoms with Crippen molar-refractivity contribution in [2.75, 3.05) is 17.6 Å². The lowest BCUT2D eigenvalue weighted by molar-refractivity contribution is -0.112. The predicted octanol–water partition coefficient (Wildman–Crippen LogP) is 3.40. The van der Waals surface area contributed by atoms with Crippen molar-refractivity contribution in [1.82, 2.24) is 9.88 Å². The van der Waals surface area contributed by atoms with Gasteiger partial charge in [-0.05, 0) is 36.4 Å². The Hall–Kier alpha value is -3.30. The Morgan fingerprint density at radius 2 is 1.97 bits per heavy atom.